The Morgan fingerprint density at radius 2 is 1.81 bits per heavy atom. The molecule has 3 N–H and O–H groups in total. The molecule has 0 spiro atoms. The van der Waals surface area contributed by atoms with Crippen molar-refractivity contribution in [3.05, 3.63) is 65.9 Å². The molecular weight excluding hydrogens is 334 g/mol. The van der Waals surface area contributed by atoms with Crippen LogP contribution >= 0.6 is 0 Å². The minimum atomic E-state index is -0.517. The summed E-state index contributed by atoms with van der Waals surface area (Å²) in [5.41, 5.74) is 7.48. The molecule has 1 heterocycles. The number of amides is 2. The molecule has 0 aliphatic rings. The number of hydrogen-bond donors (Lipinski definition) is 2. The second kappa shape index (κ2) is 7.52. The van der Waals surface area contributed by atoms with E-state index in [1.165, 1.54) is 0 Å². The number of carbonyl (C=O) groups is 2. The molecule has 132 valence electrons. The van der Waals surface area contributed by atoms with E-state index in [0.29, 0.717) is 22.7 Å². The average molecular weight is 351 g/mol. The van der Waals surface area contributed by atoms with E-state index >= 15 is 0 Å². The number of carbonyl (C=O) groups excluding carboxylic acids is 2. The van der Waals surface area contributed by atoms with E-state index in [4.69, 9.17) is 15.0 Å². The second-order valence-electron chi connectivity index (χ2n) is 5.58. The van der Waals surface area contributed by atoms with Gasteiger partial charge in [0, 0.05) is 22.9 Å². The third-order valence-electron chi connectivity index (χ3n) is 3.73. The molecule has 0 radical (unpaired) electrons. The van der Waals surface area contributed by atoms with Crippen molar-refractivity contribution in [1.29, 1.82) is 0 Å². The number of hydrogen-bond acceptors (Lipinski definition) is 5. The van der Waals surface area contributed by atoms with Gasteiger partial charge in [0.05, 0.1) is 19.2 Å². The van der Waals surface area contributed by atoms with E-state index in [1.807, 2.05) is 24.3 Å². The normalized spacial score (nSPS) is 10.3. The predicted octanol–water partition coefficient (Wildman–Crippen LogP) is 2.63. The summed E-state index contributed by atoms with van der Waals surface area (Å²) in [4.78, 5) is 23.2. The van der Waals surface area contributed by atoms with Crippen LogP contribution in [0.25, 0.3) is 11.3 Å². The Hall–Kier alpha value is -3.61. The van der Waals surface area contributed by atoms with E-state index < -0.39 is 5.91 Å². The number of rotatable bonds is 6. The standard InChI is InChI=1S/C19H17N3O4/c1-25-16-8-4-12(5-9-16)17-10-15(22-26-17)11-18(23)21-14-6-2-13(3-7-14)19(20)24/h2-10H,11H2,1H3,(H2,20,24)(H,21,23). The van der Waals surface area contributed by atoms with Gasteiger partial charge in [-0.3, -0.25) is 9.59 Å². The first-order chi connectivity index (χ1) is 12.5. The Labute approximate surface area is 149 Å². The highest BCUT2D eigenvalue weighted by molar-refractivity contribution is 5.95. The Bertz CT molecular complexity index is 915. The molecule has 7 heteroatoms. The summed E-state index contributed by atoms with van der Waals surface area (Å²) in [6, 6.07) is 15.4. The van der Waals surface area contributed by atoms with Gasteiger partial charge in [0.1, 0.15) is 5.75 Å². The maximum Gasteiger partial charge on any atom is 0.248 e. The minimum Gasteiger partial charge on any atom is -0.497 e. The fourth-order valence-corrected chi connectivity index (χ4v) is 2.37. The molecule has 26 heavy (non-hydrogen) atoms. The highest BCUT2D eigenvalue weighted by atomic mass is 16.5. The number of aromatic nitrogens is 1. The number of ether oxygens (including phenoxy) is 1. The zero-order chi connectivity index (χ0) is 18.5. The zero-order valence-electron chi connectivity index (χ0n) is 14.1. The number of nitrogens with zero attached hydrogens (tertiary/aromatic N) is 1. The lowest BCUT2D eigenvalue weighted by molar-refractivity contribution is -0.115. The Morgan fingerprint density at radius 3 is 2.42 bits per heavy atom. The molecular formula is C19H17N3O4. The van der Waals surface area contributed by atoms with E-state index in [-0.39, 0.29) is 12.3 Å². The van der Waals surface area contributed by atoms with Crippen LogP contribution in [0.3, 0.4) is 0 Å². The topological polar surface area (TPSA) is 107 Å². The second-order valence-corrected chi connectivity index (χ2v) is 5.58. The number of methoxy groups -OCH3 is 1. The molecule has 3 aromatic rings. The zero-order valence-corrected chi connectivity index (χ0v) is 14.1. The van der Waals surface area contributed by atoms with Crippen LogP contribution in [-0.2, 0) is 11.2 Å². The monoisotopic (exact) mass is 351 g/mol. The van der Waals surface area contributed by atoms with Gasteiger partial charge in [-0.1, -0.05) is 5.16 Å². The Morgan fingerprint density at radius 1 is 1.12 bits per heavy atom. The molecule has 0 aliphatic carbocycles. The summed E-state index contributed by atoms with van der Waals surface area (Å²) in [6.45, 7) is 0. The number of nitrogens with two attached hydrogens (primary N) is 1. The van der Waals surface area contributed by atoms with Crippen molar-refractivity contribution in [3.63, 3.8) is 0 Å². The molecule has 0 saturated heterocycles. The molecule has 0 unspecified atom stereocenters. The first-order valence-corrected chi connectivity index (χ1v) is 7.85. The van der Waals surface area contributed by atoms with E-state index in [2.05, 4.69) is 10.5 Å². The van der Waals surface area contributed by atoms with Crippen molar-refractivity contribution in [1.82, 2.24) is 5.16 Å². The van der Waals surface area contributed by atoms with Crippen LogP contribution in [0.2, 0.25) is 0 Å². The van der Waals surface area contributed by atoms with Crippen molar-refractivity contribution in [3.8, 4) is 17.1 Å². The van der Waals surface area contributed by atoms with Crippen LogP contribution in [-0.4, -0.2) is 24.1 Å². The third kappa shape index (κ3) is 4.07. The molecule has 0 aliphatic heterocycles. The van der Waals surface area contributed by atoms with E-state index in [0.717, 1.165) is 11.3 Å². The molecule has 2 amide bonds. The smallest absolute Gasteiger partial charge is 0.248 e. The van der Waals surface area contributed by atoms with Crippen LogP contribution in [0, 0.1) is 0 Å². The number of benzene rings is 2. The van der Waals surface area contributed by atoms with Crippen molar-refractivity contribution < 1.29 is 18.8 Å². The summed E-state index contributed by atoms with van der Waals surface area (Å²) in [7, 11) is 1.60. The Balaban J connectivity index is 1.62. The molecule has 3 rings (SSSR count). The van der Waals surface area contributed by atoms with E-state index in [1.54, 1.807) is 37.4 Å². The van der Waals surface area contributed by atoms with Crippen LogP contribution in [0.4, 0.5) is 5.69 Å². The molecule has 0 fully saturated rings. The first-order valence-electron chi connectivity index (χ1n) is 7.85. The van der Waals surface area contributed by atoms with Gasteiger partial charge in [0.25, 0.3) is 0 Å². The minimum absolute atomic E-state index is 0.0667. The summed E-state index contributed by atoms with van der Waals surface area (Å²) in [5, 5.41) is 6.66. The molecule has 0 saturated carbocycles. The van der Waals surface area contributed by atoms with Crippen molar-refractivity contribution in [2.45, 2.75) is 6.42 Å². The van der Waals surface area contributed by atoms with Gasteiger partial charge in [-0.05, 0) is 48.5 Å². The fourth-order valence-electron chi connectivity index (χ4n) is 2.37. The summed E-state index contributed by atoms with van der Waals surface area (Å²) in [6.07, 6.45) is 0.0667. The van der Waals surface area contributed by atoms with Gasteiger partial charge >= 0.3 is 0 Å². The van der Waals surface area contributed by atoms with Crippen LogP contribution < -0.4 is 15.8 Å². The number of nitrogens with one attached hydrogen (secondary N) is 1. The molecule has 0 atom stereocenters. The quantitative estimate of drug-likeness (QED) is 0.710. The molecule has 0 bridgehead atoms. The van der Waals surface area contributed by atoms with Crippen molar-refractivity contribution in [2.75, 3.05) is 12.4 Å². The Kier molecular flexibility index (Phi) is 4.98. The maximum atomic E-state index is 12.1. The van der Waals surface area contributed by atoms with Crippen LogP contribution in [0.1, 0.15) is 16.1 Å². The largest absolute Gasteiger partial charge is 0.497 e. The first kappa shape index (κ1) is 17.2. The third-order valence-corrected chi connectivity index (χ3v) is 3.73. The van der Waals surface area contributed by atoms with Gasteiger partial charge in [0.2, 0.25) is 11.8 Å². The SMILES string of the molecule is COc1ccc(-c2cc(CC(=O)Nc3ccc(C(N)=O)cc3)no2)cc1. The van der Waals surface area contributed by atoms with E-state index in [9.17, 15) is 9.59 Å². The van der Waals surface area contributed by atoms with Crippen molar-refractivity contribution >= 4 is 17.5 Å². The van der Waals surface area contributed by atoms with Crippen LogP contribution in [0.15, 0.2) is 59.1 Å². The van der Waals surface area contributed by atoms with Gasteiger partial charge in [-0.25, -0.2) is 0 Å². The molecule has 2 aromatic carbocycles. The fraction of sp³-hybridized carbons (Fsp3) is 0.105. The van der Waals surface area contributed by atoms with Crippen molar-refractivity contribution in [2.24, 2.45) is 5.73 Å². The average Bonchev–Trinajstić information content (AvgIpc) is 3.10. The van der Waals surface area contributed by atoms with Gasteiger partial charge in [0.15, 0.2) is 5.76 Å². The lowest BCUT2D eigenvalue weighted by Crippen LogP contribution is -2.15. The number of anilines is 1. The highest BCUT2D eigenvalue weighted by Crippen LogP contribution is 2.23. The summed E-state index contributed by atoms with van der Waals surface area (Å²) in [5.74, 6) is 0.555. The highest BCUT2D eigenvalue weighted by Gasteiger charge is 2.11. The summed E-state index contributed by atoms with van der Waals surface area (Å²) >= 11 is 0. The number of primary amides is 1. The van der Waals surface area contributed by atoms with Gasteiger partial charge < -0.3 is 20.3 Å². The molecule has 7 nitrogen and oxygen atoms in total. The van der Waals surface area contributed by atoms with Gasteiger partial charge in [-0.15, -0.1) is 0 Å². The molecule has 1 aromatic heterocycles. The lowest BCUT2D eigenvalue weighted by Gasteiger charge is -2.04. The predicted molar refractivity (Wildman–Crippen MR) is 95.8 cm³/mol. The maximum absolute atomic E-state index is 12.1. The lowest BCUT2D eigenvalue weighted by atomic mass is 10.1. The summed E-state index contributed by atoms with van der Waals surface area (Å²) < 4.78 is 10.4. The van der Waals surface area contributed by atoms with Crippen LogP contribution in [0.5, 0.6) is 5.75 Å². The van der Waals surface area contributed by atoms with Gasteiger partial charge in [-0.2, -0.15) is 0 Å².